The van der Waals surface area contributed by atoms with E-state index in [1.165, 1.54) is 11.1 Å². The van der Waals surface area contributed by atoms with Crippen LogP contribution in [0.1, 0.15) is 16.7 Å². The van der Waals surface area contributed by atoms with Crippen LogP contribution in [0.5, 0.6) is 0 Å². The monoisotopic (exact) mass is 300 g/mol. The van der Waals surface area contributed by atoms with Crippen LogP contribution in [0.4, 0.5) is 5.69 Å². The minimum absolute atomic E-state index is 0.645. The van der Waals surface area contributed by atoms with Gasteiger partial charge in [0.2, 0.25) is 0 Å². The van der Waals surface area contributed by atoms with E-state index in [0.717, 1.165) is 16.7 Å². The number of hydrogen-bond donors (Lipinski definition) is 1. The quantitative estimate of drug-likeness (QED) is 0.920. The van der Waals surface area contributed by atoms with Crippen LogP contribution in [0.15, 0.2) is 46.9 Å². The van der Waals surface area contributed by atoms with Gasteiger partial charge in [0.05, 0.1) is 11.3 Å². The van der Waals surface area contributed by atoms with Gasteiger partial charge in [0.15, 0.2) is 0 Å². The molecule has 0 atom stereocenters. The van der Waals surface area contributed by atoms with E-state index in [0.29, 0.717) is 5.56 Å². The molecule has 2 aromatic rings. The number of nitriles is 1. The lowest BCUT2D eigenvalue weighted by atomic mass is 10.1. The lowest BCUT2D eigenvalue weighted by molar-refractivity contribution is 1.12. The third-order valence-electron chi connectivity index (χ3n) is 2.86. The van der Waals surface area contributed by atoms with E-state index in [-0.39, 0.29) is 0 Å². The van der Waals surface area contributed by atoms with E-state index in [1.54, 1.807) is 0 Å². The van der Waals surface area contributed by atoms with Gasteiger partial charge in [-0.05, 0) is 46.1 Å². The number of nitrogens with one attached hydrogen (secondary N) is 1. The fourth-order valence-electron chi connectivity index (χ4n) is 1.78. The van der Waals surface area contributed by atoms with Gasteiger partial charge >= 0.3 is 0 Å². The lowest BCUT2D eigenvalue weighted by Gasteiger charge is -2.11. The third-order valence-corrected chi connectivity index (χ3v) is 3.52. The fraction of sp³-hybridized carbons (Fsp3) is 0.133. The van der Waals surface area contributed by atoms with Gasteiger partial charge in [-0.2, -0.15) is 5.26 Å². The topological polar surface area (TPSA) is 35.8 Å². The molecule has 1 N–H and O–H groups in total. The predicted molar refractivity (Wildman–Crippen MR) is 77.4 cm³/mol. The molecule has 0 saturated carbocycles. The maximum Gasteiger partial charge on any atom is 0.103 e. The average molecular weight is 301 g/mol. The van der Waals surface area contributed by atoms with Crippen LogP contribution in [0.3, 0.4) is 0 Å². The molecule has 0 radical (unpaired) electrons. The van der Waals surface area contributed by atoms with E-state index in [9.17, 15) is 0 Å². The van der Waals surface area contributed by atoms with Crippen LogP contribution in [0.2, 0.25) is 0 Å². The van der Waals surface area contributed by atoms with Crippen LogP contribution >= 0.6 is 15.9 Å². The molecule has 3 heteroatoms. The van der Waals surface area contributed by atoms with Crippen molar-refractivity contribution in [2.45, 2.75) is 13.5 Å². The summed E-state index contributed by atoms with van der Waals surface area (Å²) in [7, 11) is 0. The molecule has 0 saturated heterocycles. The molecule has 2 rings (SSSR count). The Hall–Kier alpha value is -1.79. The minimum Gasteiger partial charge on any atom is -0.380 e. The van der Waals surface area contributed by atoms with E-state index < -0.39 is 0 Å². The molecule has 0 heterocycles. The molecule has 0 spiro atoms. The van der Waals surface area contributed by atoms with E-state index >= 15 is 0 Å². The zero-order chi connectivity index (χ0) is 13.0. The summed E-state index contributed by atoms with van der Waals surface area (Å²) in [5.41, 5.74) is 3.99. The second-order valence-corrected chi connectivity index (χ2v) is 4.91. The Morgan fingerprint density at radius 2 is 1.94 bits per heavy atom. The van der Waals surface area contributed by atoms with Gasteiger partial charge in [0, 0.05) is 11.0 Å². The Morgan fingerprint density at radius 3 is 2.67 bits per heavy atom. The van der Waals surface area contributed by atoms with Gasteiger partial charge in [-0.3, -0.25) is 0 Å². The smallest absolute Gasteiger partial charge is 0.103 e. The third kappa shape index (κ3) is 2.72. The second kappa shape index (κ2) is 5.70. The number of rotatable bonds is 3. The number of hydrogen-bond acceptors (Lipinski definition) is 2. The van der Waals surface area contributed by atoms with Crippen molar-refractivity contribution in [3.63, 3.8) is 0 Å². The summed E-state index contributed by atoms with van der Waals surface area (Å²) in [6, 6.07) is 16.1. The summed E-state index contributed by atoms with van der Waals surface area (Å²) in [5.74, 6) is 0. The van der Waals surface area contributed by atoms with Crippen molar-refractivity contribution >= 4 is 21.6 Å². The van der Waals surface area contributed by atoms with Crippen molar-refractivity contribution in [2.24, 2.45) is 0 Å². The Bertz CT molecular complexity index is 600. The largest absolute Gasteiger partial charge is 0.380 e. The highest BCUT2D eigenvalue weighted by molar-refractivity contribution is 9.10. The summed E-state index contributed by atoms with van der Waals surface area (Å²) in [5, 5.41) is 12.4. The highest BCUT2D eigenvalue weighted by Crippen LogP contribution is 2.24. The van der Waals surface area contributed by atoms with Crippen molar-refractivity contribution in [2.75, 3.05) is 5.32 Å². The molecule has 2 nitrogen and oxygen atoms in total. The summed E-state index contributed by atoms with van der Waals surface area (Å²) in [4.78, 5) is 0. The number of nitrogens with zero attached hydrogens (tertiary/aromatic N) is 1. The Labute approximate surface area is 115 Å². The van der Waals surface area contributed by atoms with E-state index in [2.05, 4.69) is 46.4 Å². The van der Waals surface area contributed by atoms with Gasteiger partial charge < -0.3 is 5.32 Å². The first-order valence-corrected chi connectivity index (χ1v) is 6.48. The zero-order valence-electron chi connectivity index (χ0n) is 10.1. The molecule has 0 fully saturated rings. The highest BCUT2D eigenvalue weighted by atomic mass is 79.9. The molecule has 0 aliphatic rings. The van der Waals surface area contributed by atoms with Gasteiger partial charge in [-0.15, -0.1) is 0 Å². The zero-order valence-corrected chi connectivity index (χ0v) is 11.7. The highest BCUT2D eigenvalue weighted by Gasteiger charge is 2.05. The number of halogens is 1. The molecule has 2 aromatic carbocycles. The van der Waals surface area contributed by atoms with Gasteiger partial charge in [-0.1, -0.05) is 30.3 Å². The first-order valence-electron chi connectivity index (χ1n) is 5.69. The molecule has 0 bridgehead atoms. The molecular formula is C15H13BrN2. The first kappa shape index (κ1) is 12.7. The molecule has 0 aliphatic heterocycles. The average Bonchev–Trinajstić information content (AvgIpc) is 2.38. The summed E-state index contributed by atoms with van der Waals surface area (Å²) in [6.45, 7) is 2.81. The van der Waals surface area contributed by atoms with Gasteiger partial charge in [0.1, 0.15) is 6.07 Å². The summed E-state index contributed by atoms with van der Waals surface area (Å²) in [6.07, 6.45) is 0. The molecular weight excluding hydrogens is 288 g/mol. The van der Waals surface area contributed by atoms with Crippen molar-refractivity contribution in [3.05, 3.63) is 63.6 Å². The number of anilines is 1. The Morgan fingerprint density at radius 1 is 1.17 bits per heavy atom. The van der Waals surface area contributed by atoms with Crippen molar-refractivity contribution < 1.29 is 0 Å². The number of aryl methyl sites for hydroxylation is 1. The Balaban J connectivity index is 2.19. The van der Waals surface area contributed by atoms with Crippen molar-refractivity contribution in [1.29, 1.82) is 5.26 Å². The summed E-state index contributed by atoms with van der Waals surface area (Å²) < 4.78 is 0.819. The Kier molecular flexibility index (Phi) is 4.01. The SMILES string of the molecule is Cc1ccccc1CNc1cccc(Br)c1C#N. The molecule has 0 unspecified atom stereocenters. The number of benzene rings is 2. The molecule has 90 valence electrons. The van der Waals surface area contributed by atoms with Gasteiger partial charge in [0.25, 0.3) is 0 Å². The van der Waals surface area contributed by atoms with Crippen LogP contribution in [-0.2, 0) is 6.54 Å². The lowest BCUT2D eigenvalue weighted by Crippen LogP contribution is -2.03. The van der Waals surface area contributed by atoms with Crippen LogP contribution in [-0.4, -0.2) is 0 Å². The maximum atomic E-state index is 9.13. The van der Waals surface area contributed by atoms with E-state index in [4.69, 9.17) is 5.26 Å². The van der Waals surface area contributed by atoms with E-state index in [1.807, 2.05) is 30.3 Å². The van der Waals surface area contributed by atoms with Crippen molar-refractivity contribution in [1.82, 2.24) is 0 Å². The molecule has 18 heavy (non-hydrogen) atoms. The van der Waals surface area contributed by atoms with Crippen LogP contribution in [0, 0.1) is 18.3 Å². The summed E-state index contributed by atoms with van der Waals surface area (Å²) >= 11 is 3.39. The van der Waals surface area contributed by atoms with Crippen LogP contribution in [0.25, 0.3) is 0 Å². The standard InChI is InChI=1S/C15H13BrN2/c1-11-5-2-3-6-12(11)10-18-15-8-4-7-14(16)13(15)9-17/h2-8,18H,10H2,1H3. The minimum atomic E-state index is 0.645. The van der Waals surface area contributed by atoms with Crippen LogP contribution < -0.4 is 5.32 Å². The second-order valence-electron chi connectivity index (χ2n) is 4.05. The van der Waals surface area contributed by atoms with Crippen molar-refractivity contribution in [3.8, 4) is 6.07 Å². The predicted octanol–water partition coefficient (Wildman–Crippen LogP) is 4.24. The molecule has 0 amide bonds. The normalized spacial score (nSPS) is 9.83. The first-order chi connectivity index (χ1) is 8.72. The maximum absolute atomic E-state index is 9.13. The fourth-order valence-corrected chi connectivity index (χ4v) is 2.24. The molecule has 0 aliphatic carbocycles. The van der Waals surface area contributed by atoms with Gasteiger partial charge in [-0.25, -0.2) is 0 Å². The molecule has 0 aromatic heterocycles.